The molecule has 0 radical (unpaired) electrons. The maximum absolute atomic E-state index is 12.0. The lowest BCUT2D eigenvalue weighted by molar-refractivity contribution is -0.117. The Morgan fingerprint density at radius 2 is 1.75 bits per heavy atom. The van der Waals surface area contributed by atoms with Crippen LogP contribution in [0, 0.1) is 0 Å². The van der Waals surface area contributed by atoms with Crippen molar-refractivity contribution in [2.45, 2.75) is 52.1 Å². The first-order valence-corrected chi connectivity index (χ1v) is 8.52. The molecule has 134 valence electrons. The minimum atomic E-state index is -0.471. The number of carbonyl (C=O) groups excluding carboxylic acids is 2. The summed E-state index contributed by atoms with van der Waals surface area (Å²) < 4.78 is 5.16. The van der Waals surface area contributed by atoms with E-state index in [4.69, 9.17) is 4.74 Å². The number of amides is 1. The first-order chi connectivity index (χ1) is 11.3. The highest BCUT2D eigenvalue weighted by atomic mass is 16.6. The fraction of sp³-hybridized carbons (Fsp3) is 0.579. The third kappa shape index (κ3) is 9.18. The van der Waals surface area contributed by atoms with Gasteiger partial charge in [0.1, 0.15) is 5.60 Å². The van der Waals surface area contributed by atoms with Crippen LogP contribution in [0.2, 0.25) is 0 Å². The van der Waals surface area contributed by atoms with Gasteiger partial charge < -0.3 is 15.0 Å². The zero-order chi connectivity index (χ0) is 18.0. The molecule has 24 heavy (non-hydrogen) atoms. The molecule has 0 unspecified atom stereocenters. The number of ketones is 1. The van der Waals surface area contributed by atoms with Crippen LogP contribution in [0.3, 0.4) is 0 Å². The lowest BCUT2D eigenvalue weighted by Gasteiger charge is -2.19. The second-order valence-electron chi connectivity index (χ2n) is 6.97. The van der Waals surface area contributed by atoms with Crippen LogP contribution in [0.4, 0.5) is 10.5 Å². The topological polar surface area (TPSA) is 58.6 Å². The molecule has 0 saturated heterocycles. The number of nitrogens with zero attached hydrogens (tertiary/aromatic N) is 1. The van der Waals surface area contributed by atoms with Gasteiger partial charge in [0.2, 0.25) is 0 Å². The summed E-state index contributed by atoms with van der Waals surface area (Å²) in [7, 11) is 1.93. The predicted octanol–water partition coefficient (Wildman–Crippen LogP) is 3.78. The van der Waals surface area contributed by atoms with Crippen LogP contribution in [0.25, 0.3) is 0 Å². The molecule has 0 bridgehead atoms. The molecule has 0 fully saturated rings. The Hall–Kier alpha value is -2.04. The van der Waals surface area contributed by atoms with Crippen molar-refractivity contribution in [3.63, 3.8) is 0 Å². The lowest BCUT2D eigenvalue weighted by atomic mass is 10.1. The summed E-state index contributed by atoms with van der Waals surface area (Å²) in [5.41, 5.74) is 0.578. The summed E-state index contributed by atoms with van der Waals surface area (Å²) in [5, 5.41) is 2.73. The highest BCUT2D eigenvalue weighted by Crippen LogP contribution is 2.11. The number of ether oxygens (including phenoxy) is 1. The highest BCUT2D eigenvalue weighted by Gasteiger charge is 2.15. The average Bonchev–Trinajstić information content (AvgIpc) is 2.49. The standard InChI is InChI=1S/C19H30N2O3/c1-19(2,3)24-18(23)20-14-10-6-9-13-17(22)15-21(4)16-11-7-5-8-12-16/h5,7-8,11-12H,6,9-10,13-15H2,1-4H3,(H,20,23). The van der Waals surface area contributed by atoms with Gasteiger partial charge in [-0.25, -0.2) is 4.79 Å². The quantitative estimate of drug-likeness (QED) is 0.698. The van der Waals surface area contributed by atoms with Crippen molar-refractivity contribution in [1.82, 2.24) is 5.32 Å². The van der Waals surface area contributed by atoms with E-state index < -0.39 is 5.60 Å². The number of anilines is 1. The Morgan fingerprint density at radius 3 is 2.38 bits per heavy atom. The lowest BCUT2D eigenvalue weighted by Crippen LogP contribution is -2.33. The number of rotatable bonds is 9. The number of likely N-dealkylation sites (N-methyl/N-ethyl adjacent to an activating group) is 1. The zero-order valence-electron chi connectivity index (χ0n) is 15.3. The largest absolute Gasteiger partial charge is 0.444 e. The van der Waals surface area contributed by atoms with E-state index in [9.17, 15) is 9.59 Å². The molecule has 1 aromatic carbocycles. The molecule has 0 aliphatic carbocycles. The minimum Gasteiger partial charge on any atom is -0.444 e. The van der Waals surface area contributed by atoms with E-state index in [0.717, 1.165) is 24.9 Å². The molecule has 0 aliphatic rings. The maximum Gasteiger partial charge on any atom is 0.407 e. The van der Waals surface area contributed by atoms with Crippen molar-refractivity contribution in [2.75, 3.05) is 25.0 Å². The molecule has 0 aromatic heterocycles. The SMILES string of the molecule is CN(CC(=O)CCCCCNC(=O)OC(C)(C)C)c1ccccc1. The third-order valence-electron chi connectivity index (χ3n) is 3.41. The first kappa shape index (κ1) is 20.0. The van der Waals surface area contributed by atoms with Crippen molar-refractivity contribution in [3.8, 4) is 0 Å². The molecule has 1 amide bonds. The monoisotopic (exact) mass is 334 g/mol. The molecular weight excluding hydrogens is 304 g/mol. The van der Waals surface area contributed by atoms with Gasteiger partial charge in [-0.1, -0.05) is 24.6 Å². The number of unbranched alkanes of at least 4 members (excludes halogenated alkanes) is 2. The Kier molecular flexibility index (Phi) is 8.30. The van der Waals surface area contributed by atoms with Crippen LogP contribution in [0.5, 0.6) is 0 Å². The van der Waals surface area contributed by atoms with E-state index in [2.05, 4.69) is 5.32 Å². The third-order valence-corrected chi connectivity index (χ3v) is 3.41. The molecular formula is C19H30N2O3. The Balaban J connectivity index is 2.09. The molecule has 5 heteroatoms. The maximum atomic E-state index is 12.0. The number of hydrogen-bond acceptors (Lipinski definition) is 4. The molecule has 0 heterocycles. The van der Waals surface area contributed by atoms with Crippen molar-refractivity contribution in [2.24, 2.45) is 0 Å². The van der Waals surface area contributed by atoms with Crippen molar-refractivity contribution in [3.05, 3.63) is 30.3 Å². The average molecular weight is 334 g/mol. The van der Waals surface area contributed by atoms with Crippen molar-refractivity contribution in [1.29, 1.82) is 0 Å². The van der Waals surface area contributed by atoms with E-state index in [1.54, 1.807) is 0 Å². The van der Waals surface area contributed by atoms with Crippen LogP contribution < -0.4 is 10.2 Å². The number of Topliss-reactive ketones (excluding diaryl/α,β-unsaturated/α-hetero) is 1. The van der Waals surface area contributed by atoms with Crippen LogP contribution in [-0.4, -0.2) is 37.6 Å². The van der Waals surface area contributed by atoms with Crippen molar-refractivity contribution >= 4 is 17.6 Å². The zero-order valence-corrected chi connectivity index (χ0v) is 15.3. The van der Waals surface area contributed by atoms with Crippen molar-refractivity contribution < 1.29 is 14.3 Å². The summed E-state index contributed by atoms with van der Waals surface area (Å²) in [6, 6.07) is 9.89. The van der Waals surface area contributed by atoms with Crippen LogP contribution in [0.15, 0.2) is 30.3 Å². The van der Waals surface area contributed by atoms with Crippen LogP contribution >= 0.6 is 0 Å². The smallest absolute Gasteiger partial charge is 0.407 e. The molecule has 0 aliphatic heterocycles. The molecule has 1 aromatic rings. The van der Waals surface area contributed by atoms with Gasteiger partial charge in [0.05, 0.1) is 6.54 Å². The van der Waals surface area contributed by atoms with E-state index in [1.807, 2.05) is 63.1 Å². The molecule has 5 nitrogen and oxygen atoms in total. The van der Waals surface area contributed by atoms with E-state index in [1.165, 1.54) is 0 Å². The second kappa shape index (κ2) is 9.96. The molecule has 0 spiro atoms. The van der Waals surface area contributed by atoms with E-state index >= 15 is 0 Å². The van der Waals surface area contributed by atoms with Crippen LogP contribution in [-0.2, 0) is 9.53 Å². The van der Waals surface area contributed by atoms with Gasteiger partial charge in [-0.3, -0.25) is 4.79 Å². The van der Waals surface area contributed by atoms with Gasteiger partial charge in [0, 0.05) is 25.7 Å². The molecule has 0 atom stereocenters. The summed E-state index contributed by atoms with van der Waals surface area (Å²) in [6.07, 6.45) is 2.79. The number of nitrogens with one attached hydrogen (secondary N) is 1. The number of carbonyl (C=O) groups is 2. The summed E-state index contributed by atoms with van der Waals surface area (Å²) in [6.45, 7) is 6.52. The molecule has 0 saturated carbocycles. The Morgan fingerprint density at radius 1 is 1.08 bits per heavy atom. The van der Waals surface area contributed by atoms with Gasteiger partial charge in [0.25, 0.3) is 0 Å². The number of para-hydroxylation sites is 1. The fourth-order valence-corrected chi connectivity index (χ4v) is 2.25. The summed E-state index contributed by atoms with van der Waals surface area (Å²) >= 11 is 0. The summed E-state index contributed by atoms with van der Waals surface area (Å²) in [5.74, 6) is 0.237. The van der Waals surface area contributed by atoms with Gasteiger partial charge in [-0.2, -0.15) is 0 Å². The fourth-order valence-electron chi connectivity index (χ4n) is 2.25. The number of alkyl carbamates (subject to hydrolysis) is 1. The van der Waals surface area contributed by atoms with Gasteiger partial charge in [-0.15, -0.1) is 0 Å². The molecule has 1 N–H and O–H groups in total. The highest BCUT2D eigenvalue weighted by molar-refractivity contribution is 5.83. The van der Waals surface area contributed by atoms with E-state index in [-0.39, 0.29) is 11.9 Å². The van der Waals surface area contributed by atoms with Gasteiger partial charge in [-0.05, 0) is 45.7 Å². The normalized spacial score (nSPS) is 11.0. The van der Waals surface area contributed by atoms with Gasteiger partial charge >= 0.3 is 6.09 Å². The number of hydrogen-bond donors (Lipinski definition) is 1. The Bertz CT molecular complexity index is 509. The first-order valence-electron chi connectivity index (χ1n) is 8.52. The van der Waals surface area contributed by atoms with Crippen LogP contribution in [0.1, 0.15) is 46.5 Å². The van der Waals surface area contributed by atoms with Gasteiger partial charge in [0.15, 0.2) is 5.78 Å². The van der Waals surface area contributed by atoms with E-state index in [0.29, 0.717) is 19.5 Å². The predicted molar refractivity (Wildman–Crippen MR) is 97.4 cm³/mol. The summed E-state index contributed by atoms with van der Waals surface area (Å²) in [4.78, 5) is 25.4. The Labute approximate surface area is 145 Å². The molecule has 1 rings (SSSR count). The number of benzene rings is 1. The minimum absolute atomic E-state index is 0.237. The second-order valence-corrected chi connectivity index (χ2v) is 6.97.